The van der Waals surface area contributed by atoms with E-state index in [1.54, 1.807) is 6.92 Å². The maximum atomic E-state index is 13.2. The Kier molecular flexibility index (Phi) is 6.66. The monoisotopic (exact) mass is 460 g/mol. The quantitative estimate of drug-likeness (QED) is 0.296. The van der Waals surface area contributed by atoms with Crippen LogP contribution in [0.15, 0.2) is 0 Å². The van der Waals surface area contributed by atoms with Gasteiger partial charge in [0, 0.05) is 17.9 Å². The second-order valence-corrected chi connectivity index (χ2v) is 8.85. The highest BCUT2D eigenvalue weighted by Gasteiger charge is 2.76. The molecule has 6 atom stereocenters. The van der Waals surface area contributed by atoms with Crippen molar-refractivity contribution in [2.24, 2.45) is 11.8 Å². The van der Waals surface area contributed by atoms with Crippen LogP contribution in [0.5, 0.6) is 0 Å². The molecule has 0 saturated carbocycles. The van der Waals surface area contributed by atoms with Crippen molar-refractivity contribution in [2.45, 2.75) is 62.1 Å². The molecule has 2 amide bonds. The molecule has 3 saturated heterocycles. The van der Waals surface area contributed by atoms with E-state index in [0.29, 0.717) is 13.0 Å². The van der Waals surface area contributed by atoms with Crippen LogP contribution >= 0.6 is 15.9 Å². The number of ether oxygens (including phenoxy) is 2. The topological polar surface area (TPSA) is 105 Å². The third kappa shape index (κ3) is 3.35. The van der Waals surface area contributed by atoms with Crippen molar-refractivity contribution in [3.8, 4) is 0 Å². The van der Waals surface area contributed by atoms with Crippen LogP contribution in [0.25, 0.3) is 0 Å². The Morgan fingerprint density at radius 2 is 2.14 bits per heavy atom. The molecule has 1 spiro atoms. The number of β-amino-alcohol motifs (C(OH)–C–C–N with tert-alkyl or cyclic N) is 1. The summed E-state index contributed by atoms with van der Waals surface area (Å²) in [5.74, 6) is -2.58. The minimum absolute atomic E-state index is 0.0284. The number of alkyl halides is 1. The summed E-state index contributed by atoms with van der Waals surface area (Å²) in [5.41, 5.74) is -1.07. The number of nitrogens with one attached hydrogen (secondary N) is 1. The molecule has 3 aliphatic rings. The fourth-order valence-corrected chi connectivity index (χ4v) is 5.91. The van der Waals surface area contributed by atoms with E-state index >= 15 is 0 Å². The molecule has 0 aromatic carbocycles. The van der Waals surface area contributed by atoms with Gasteiger partial charge in [-0.15, -0.1) is 0 Å². The zero-order valence-corrected chi connectivity index (χ0v) is 17.9. The molecule has 8 nitrogen and oxygen atoms in total. The lowest BCUT2D eigenvalue weighted by Gasteiger charge is -2.33. The SMILES string of the molecule is CCCCCNC(=O)[C@H]1N(CCO)C(=O)[C@@H]2[C@@H](C(=O)OCC)[C@@H]3O[C@@]21CC3Br. The van der Waals surface area contributed by atoms with Crippen LogP contribution < -0.4 is 5.32 Å². The second kappa shape index (κ2) is 8.67. The van der Waals surface area contributed by atoms with Crippen LogP contribution in [-0.4, -0.2) is 76.7 Å². The third-order valence-corrected chi connectivity index (χ3v) is 6.86. The van der Waals surface area contributed by atoms with Gasteiger partial charge < -0.3 is 24.8 Å². The fourth-order valence-electron chi connectivity index (χ4n) is 4.97. The zero-order valence-electron chi connectivity index (χ0n) is 16.4. The van der Waals surface area contributed by atoms with Gasteiger partial charge in [-0.1, -0.05) is 35.7 Å². The van der Waals surface area contributed by atoms with Crippen molar-refractivity contribution < 1.29 is 29.0 Å². The molecule has 3 rings (SSSR count). The molecule has 3 aliphatic heterocycles. The van der Waals surface area contributed by atoms with Crippen molar-refractivity contribution >= 4 is 33.7 Å². The number of carbonyl (C=O) groups excluding carboxylic acids is 3. The minimum Gasteiger partial charge on any atom is -0.466 e. The Morgan fingerprint density at radius 1 is 1.39 bits per heavy atom. The highest BCUT2D eigenvalue weighted by Crippen LogP contribution is 2.60. The lowest BCUT2D eigenvalue weighted by Crippen LogP contribution is -2.56. The fraction of sp³-hybridized carbons (Fsp3) is 0.842. The summed E-state index contributed by atoms with van der Waals surface area (Å²) in [6.07, 6.45) is 2.86. The molecule has 9 heteroatoms. The van der Waals surface area contributed by atoms with Gasteiger partial charge in [0.25, 0.3) is 0 Å². The van der Waals surface area contributed by atoms with E-state index in [1.165, 1.54) is 4.90 Å². The van der Waals surface area contributed by atoms with Gasteiger partial charge in [0.2, 0.25) is 11.8 Å². The van der Waals surface area contributed by atoms with Crippen molar-refractivity contribution in [2.75, 3.05) is 26.3 Å². The summed E-state index contributed by atoms with van der Waals surface area (Å²) >= 11 is 3.57. The standard InChI is InChI=1S/C19H29BrN2O6/c1-3-5-6-7-21-16(24)15-19-10-11(20)14(28-19)12(18(26)27-4-2)13(19)17(25)22(15)8-9-23/h11-15,23H,3-10H2,1-2H3,(H,21,24)/t11?,12-,13+,14-,15-,19+/m1/s1. The molecule has 28 heavy (non-hydrogen) atoms. The van der Waals surface area contributed by atoms with Gasteiger partial charge in [-0.2, -0.15) is 0 Å². The number of esters is 1. The zero-order chi connectivity index (χ0) is 20.5. The molecule has 0 aromatic heterocycles. The van der Waals surface area contributed by atoms with Crippen molar-refractivity contribution in [3.05, 3.63) is 0 Å². The molecule has 3 fully saturated rings. The number of hydrogen-bond donors (Lipinski definition) is 2. The third-order valence-electron chi connectivity index (χ3n) is 6.02. The summed E-state index contributed by atoms with van der Waals surface area (Å²) in [4.78, 5) is 40.1. The normalized spacial score (nSPS) is 35.9. The Balaban J connectivity index is 1.90. The number of likely N-dealkylation sites (tertiary alicyclic amines) is 1. The Labute approximate surface area is 173 Å². The summed E-state index contributed by atoms with van der Waals surface area (Å²) in [7, 11) is 0. The molecule has 158 valence electrons. The lowest BCUT2D eigenvalue weighted by atomic mass is 9.70. The molecular weight excluding hydrogens is 432 g/mol. The van der Waals surface area contributed by atoms with Crippen molar-refractivity contribution in [1.29, 1.82) is 0 Å². The van der Waals surface area contributed by atoms with Gasteiger partial charge >= 0.3 is 5.97 Å². The first-order chi connectivity index (χ1) is 13.4. The maximum Gasteiger partial charge on any atom is 0.312 e. The van der Waals surface area contributed by atoms with Crippen LogP contribution in [0.2, 0.25) is 0 Å². The second-order valence-electron chi connectivity index (χ2n) is 7.67. The molecule has 0 aliphatic carbocycles. The van der Waals surface area contributed by atoms with E-state index < -0.39 is 35.6 Å². The summed E-state index contributed by atoms with van der Waals surface area (Å²) in [6, 6.07) is -0.858. The number of unbranched alkanes of at least 4 members (excludes halogenated alkanes) is 2. The van der Waals surface area contributed by atoms with E-state index in [-0.39, 0.29) is 36.4 Å². The molecule has 1 unspecified atom stereocenters. The number of halogens is 1. The maximum absolute atomic E-state index is 13.2. The number of fused-ring (bicyclic) bond motifs is 1. The minimum atomic E-state index is -1.07. The molecular formula is C19H29BrN2O6. The van der Waals surface area contributed by atoms with E-state index in [0.717, 1.165) is 19.3 Å². The molecule has 0 radical (unpaired) electrons. The Morgan fingerprint density at radius 3 is 2.79 bits per heavy atom. The first-order valence-corrected chi connectivity index (χ1v) is 11.0. The van der Waals surface area contributed by atoms with Crippen LogP contribution in [-0.2, 0) is 23.9 Å². The predicted octanol–water partition coefficient (Wildman–Crippen LogP) is 0.596. The average molecular weight is 461 g/mol. The van der Waals surface area contributed by atoms with E-state index in [9.17, 15) is 19.5 Å². The molecule has 0 aromatic rings. The summed E-state index contributed by atoms with van der Waals surface area (Å²) in [5, 5.41) is 12.4. The Hall–Kier alpha value is -1.19. The highest BCUT2D eigenvalue weighted by atomic mass is 79.9. The predicted molar refractivity (Wildman–Crippen MR) is 104 cm³/mol. The van der Waals surface area contributed by atoms with Crippen molar-refractivity contribution in [3.63, 3.8) is 0 Å². The van der Waals surface area contributed by atoms with Gasteiger partial charge in [0.05, 0.1) is 31.2 Å². The van der Waals surface area contributed by atoms with Gasteiger partial charge in [-0.25, -0.2) is 0 Å². The number of amides is 2. The number of aliphatic hydroxyl groups is 1. The first kappa shape index (κ1) is 21.5. The number of aliphatic hydroxyl groups excluding tert-OH is 1. The number of carbonyl (C=O) groups is 3. The number of rotatable bonds is 9. The van der Waals surface area contributed by atoms with E-state index in [1.807, 2.05) is 0 Å². The highest BCUT2D eigenvalue weighted by molar-refractivity contribution is 9.09. The van der Waals surface area contributed by atoms with Crippen LogP contribution in [0.3, 0.4) is 0 Å². The van der Waals surface area contributed by atoms with Crippen LogP contribution in [0.1, 0.15) is 39.5 Å². The van der Waals surface area contributed by atoms with E-state index in [4.69, 9.17) is 9.47 Å². The molecule has 2 bridgehead atoms. The lowest BCUT2D eigenvalue weighted by molar-refractivity contribution is -0.154. The van der Waals surface area contributed by atoms with Gasteiger partial charge in [-0.3, -0.25) is 14.4 Å². The molecule has 2 N–H and O–H groups in total. The average Bonchev–Trinajstić information content (AvgIpc) is 3.23. The van der Waals surface area contributed by atoms with Gasteiger partial charge in [0.1, 0.15) is 11.6 Å². The number of hydrogen-bond acceptors (Lipinski definition) is 6. The van der Waals surface area contributed by atoms with E-state index in [2.05, 4.69) is 28.2 Å². The Bertz CT molecular complexity index is 632. The summed E-state index contributed by atoms with van der Waals surface area (Å²) in [6.45, 7) is 4.30. The van der Waals surface area contributed by atoms with Gasteiger partial charge in [-0.05, 0) is 19.8 Å². The smallest absolute Gasteiger partial charge is 0.312 e. The van der Waals surface area contributed by atoms with Gasteiger partial charge in [0.15, 0.2) is 0 Å². The summed E-state index contributed by atoms with van der Waals surface area (Å²) < 4.78 is 11.4. The van der Waals surface area contributed by atoms with Crippen molar-refractivity contribution in [1.82, 2.24) is 10.2 Å². The largest absolute Gasteiger partial charge is 0.466 e. The number of nitrogens with zero attached hydrogens (tertiary/aromatic N) is 1. The van der Waals surface area contributed by atoms with Crippen LogP contribution in [0, 0.1) is 11.8 Å². The first-order valence-electron chi connectivity index (χ1n) is 10.1. The molecule has 3 heterocycles. The van der Waals surface area contributed by atoms with Crippen LogP contribution in [0.4, 0.5) is 0 Å².